The molecule has 46 heavy (non-hydrogen) atoms. The van der Waals surface area contributed by atoms with Gasteiger partial charge in [0.25, 0.3) is 0 Å². The predicted octanol–water partition coefficient (Wildman–Crippen LogP) is 8.63. The molecule has 0 radical (unpaired) electrons. The van der Waals surface area contributed by atoms with Gasteiger partial charge < -0.3 is 13.8 Å². The third-order valence-corrected chi connectivity index (χ3v) is 9.39. The molecule has 8 nitrogen and oxygen atoms in total. The van der Waals surface area contributed by atoms with Gasteiger partial charge in [-0.15, -0.1) is 0 Å². The number of carbonyl (C=O) groups is 1. The number of rotatable bonds is 16. The summed E-state index contributed by atoms with van der Waals surface area (Å²) in [7, 11) is -1.54. The zero-order valence-electron chi connectivity index (χ0n) is 26.5. The molecule has 0 heterocycles. The first-order chi connectivity index (χ1) is 22.3. The van der Waals surface area contributed by atoms with Gasteiger partial charge >= 0.3 is 8.53 Å². The monoisotopic (exact) mass is 635 g/mol. The fourth-order valence-electron chi connectivity index (χ4n) is 5.31. The van der Waals surface area contributed by atoms with Crippen LogP contribution in [0.15, 0.2) is 108 Å². The molecule has 0 fully saturated rings. The van der Waals surface area contributed by atoms with Crippen LogP contribution in [0.25, 0.3) is 0 Å². The summed E-state index contributed by atoms with van der Waals surface area (Å²) in [5.74, 6) is 0.616. The molecule has 0 N–H and O–H groups in total. The maximum Gasteiger partial charge on any atom is 0.321 e. The lowest BCUT2D eigenvalue weighted by molar-refractivity contribution is -0.000329. The third-order valence-electron chi connectivity index (χ3n) is 7.34. The Balaban J connectivity index is 1.81. The van der Waals surface area contributed by atoms with Crippen LogP contribution in [0, 0.1) is 11.3 Å². The molecule has 4 aromatic carbocycles. The van der Waals surface area contributed by atoms with Gasteiger partial charge in [-0.25, -0.2) is 9.46 Å². The first kappa shape index (κ1) is 34.4. The highest BCUT2D eigenvalue weighted by Gasteiger charge is 2.38. The third kappa shape index (κ3) is 8.21. The topological polar surface area (TPSA) is 101 Å². The average Bonchev–Trinajstić information content (AvgIpc) is 3.07. The van der Waals surface area contributed by atoms with Crippen LogP contribution in [0.4, 0.5) is 5.69 Å². The van der Waals surface area contributed by atoms with Crippen molar-refractivity contribution in [2.75, 3.05) is 6.61 Å². The van der Waals surface area contributed by atoms with Gasteiger partial charge in [0.1, 0.15) is 17.6 Å². The highest BCUT2D eigenvalue weighted by molar-refractivity contribution is 7.45. The highest BCUT2D eigenvalue weighted by Crippen LogP contribution is 2.48. The van der Waals surface area contributed by atoms with Crippen LogP contribution in [0.1, 0.15) is 66.7 Å². The van der Waals surface area contributed by atoms with Gasteiger partial charge in [-0.2, -0.15) is 10.3 Å². The number of ether oxygens (including phenoxy) is 1. The summed E-state index contributed by atoms with van der Waals surface area (Å²) in [6, 6.07) is 34.5. The Bertz CT molecular complexity index is 1640. The van der Waals surface area contributed by atoms with Gasteiger partial charge in [0.05, 0.1) is 31.4 Å². The van der Waals surface area contributed by atoms with Gasteiger partial charge in [0.15, 0.2) is 0 Å². The quantitative estimate of drug-likeness (QED) is 0.0303. The molecule has 236 valence electrons. The number of nitriles is 1. The van der Waals surface area contributed by atoms with Crippen molar-refractivity contribution >= 4 is 26.6 Å². The summed E-state index contributed by atoms with van der Waals surface area (Å²) in [6.45, 7) is 8.79. The number of hydrogen-bond donors (Lipinski definition) is 0. The largest absolute Gasteiger partial charge is 0.435 e. The molecule has 2 atom stereocenters. The van der Waals surface area contributed by atoms with E-state index in [-0.39, 0.29) is 31.7 Å². The van der Waals surface area contributed by atoms with Crippen molar-refractivity contribution in [3.05, 3.63) is 131 Å². The second-order valence-corrected chi connectivity index (χ2v) is 12.4. The smallest absolute Gasteiger partial charge is 0.321 e. The molecule has 4 rings (SSSR count). The van der Waals surface area contributed by atoms with E-state index in [0.29, 0.717) is 17.0 Å². The Hall–Kier alpha value is -4.47. The standard InChI is InChI=1S/C37H38N3O5P/c1-28(2)40(29(3)4)46(44-24-10-23-38)45-36-14-9-8-11-31(36)26-43-37(32-12-6-5-7-13-32,33-17-15-30(25-41)16-18-33)34-19-21-35(22-20-34)39-27-42/h5-9,11-22,25,28-29H,10,24,26H2,1-4H3. The van der Waals surface area contributed by atoms with Crippen molar-refractivity contribution in [3.63, 3.8) is 0 Å². The first-order valence-corrected chi connectivity index (χ1v) is 16.2. The summed E-state index contributed by atoms with van der Waals surface area (Å²) in [4.78, 5) is 26.2. The minimum Gasteiger partial charge on any atom is -0.435 e. The Labute approximate surface area is 272 Å². The normalized spacial score (nSPS) is 13.1. The molecule has 0 aromatic heterocycles. The van der Waals surface area contributed by atoms with Crippen LogP contribution in [-0.2, 0) is 26.3 Å². The van der Waals surface area contributed by atoms with E-state index in [1.165, 1.54) is 0 Å². The van der Waals surface area contributed by atoms with Gasteiger partial charge in [0, 0.05) is 23.2 Å². The zero-order chi connectivity index (χ0) is 32.9. The predicted molar refractivity (Wildman–Crippen MR) is 179 cm³/mol. The van der Waals surface area contributed by atoms with E-state index in [1.54, 1.807) is 30.3 Å². The van der Waals surface area contributed by atoms with Crippen molar-refractivity contribution in [1.82, 2.24) is 4.67 Å². The van der Waals surface area contributed by atoms with Crippen LogP contribution in [-0.4, -0.2) is 35.7 Å². The van der Waals surface area contributed by atoms with Crippen molar-refractivity contribution in [2.45, 2.75) is 58.4 Å². The number of hydrogen-bond acceptors (Lipinski definition) is 8. The second kappa shape index (κ2) is 16.7. The van der Waals surface area contributed by atoms with Gasteiger partial charge in [-0.1, -0.05) is 84.9 Å². The second-order valence-electron chi connectivity index (χ2n) is 11.1. The molecule has 0 amide bonds. The minimum atomic E-state index is -1.54. The fourth-order valence-corrected chi connectivity index (χ4v) is 6.94. The van der Waals surface area contributed by atoms with Crippen LogP contribution in [0.5, 0.6) is 5.75 Å². The Kier molecular flexibility index (Phi) is 12.5. The molecular formula is C37H38N3O5P. The van der Waals surface area contributed by atoms with Crippen LogP contribution >= 0.6 is 8.53 Å². The Morgan fingerprint density at radius 1 is 0.848 bits per heavy atom. The molecular weight excluding hydrogens is 597 g/mol. The van der Waals surface area contributed by atoms with Gasteiger partial charge in [-0.05, 0) is 62.6 Å². The number of benzene rings is 4. The minimum absolute atomic E-state index is 0.142. The van der Waals surface area contributed by atoms with Crippen molar-refractivity contribution in [3.8, 4) is 11.8 Å². The maximum absolute atomic E-state index is 11.5. The van der Waals surface area contributed by atoms with E-state index < -0.39 is 14.1 Å². The van der Waals surface area contributed by atoms with E-state index in [4.69, 9.17) is 19.0 Å². The van der Waals surface area contributed by atoms with E-state index in [1.807, 2.05) is 78.9 Å². The molecule has 0 aliphatic carbocycles. The summed E-state index contributed by atoms with van der Waals surface area (Å²) >= 11 is 0. The molecule has 9 heteroatoms. The lowest BCUT2D eigenvalue weighted by atomic mass is 9.79. The SMILES string of the molecule is CC(C)N(C(C)C)P(OCCC#N)Oc1ccccc1COC(c1ccccc1)(c1ccc(C=O)cc1)c1ccc(N=C=O)cc1. The van der Waals surface area contributed by atoms with E-state index >= 15 is 0 Å². The van der Waals surface area contributed by atoms with E-state index in [2.05, 4.69) is 43.4 Å². The molecule has 4 aromatic rings. The number of carbonyl (C=O) groups excluding carboxylic acids is 2. The molecule has 0 saturated heterocycles. The van der Waals surface area contributed by atoms with Crippen LogP contribution in [0.3, 0.4) is 0 Å². The van der Waals surface area contributed by atoms with Crippen molar-refractivity contribution in [2.24, 2.45) is 4.99 Å². The molecule has 0 spiro atoms. The summed E-state index contributed by atoms with van der Waals surface area (Å²) in [6.07, 6.45) is 2.66. The van der Waals surface area contributed by atoms with E-state index in [0.717, 1.165) is 28.5 Å². The number of nitrogens with zero attached hydrogens (tertiary/aromatic N) is 3. The van der Waals surface area contributed by atoms with Crippen LogP contribution < -0.4 is 4.52 Å². The fraction of sp³-hybridized carbons (Fsp3) is 0.270. The molecule has 0 aliphatic rings. The summed E-state index contributed by atoms with van der Waals surface area (Å²) in [5.41, 5.74) is 3.18. The van der Waals surface area contributed by atoms with E-state index in [9.17, 15) is 9.59 Å². The lowest BCUT2D eigenvalue weighted by Crippen LogP contribution is -2.34. The Morgan fingerprint density at radius 3 is 2.02 bits per heavy atom. The zero-order valence-corrected chi connectivity index (χ0v) is 27.4. The highest BCUT2D eigenvalue weighted by atomic mass is 31.2. The summed E-state index contributed by atoms with van der Waals surface area (Å²) < 4.78 is 22.0. The maximum atomic E-state index is 11.5. The van der Waals surface area contributed by atoms with Crippen LogP contribution in [0.2, 0.25) is 0 Å². The average molecular weight is 636 g/mol. The molecule has 2 unspecified atom stereocenters. The number of aldehydes is 1. The summed E-state index contributed by atoms with van der Waals surface area (Å²) in [5, 5.41) is 9.14. The molecule has 0 aliphatic heterocycles. The first-order valence-electron chi connectivity index (χ1n) is 15.1. The lowest BCUT2D eigenvalue weighted by Gasteiger charge is -2.37. The molecule has 0 bridgehead atoms. The van der Waals surface area contributed by atoms with Crippen molar-refractivity contribution < 1.29 is 23.4 Å². The number of isocyanates is 1. The van der Waals surface area contributed by atoms with Crippen molar-refractivity contribution in [1.29, 1.82) is 5.26 Å². The number of para-hydroxylation sites is 1. The van der Waals surface area contributed by atoms with Gasteiger partial charge in [0.2, 0.25) is 6.08 Å². The number of aliphatic imine (C=N–C) groups is 1. The molecule has 0 saturated carbocycles. The Morgan fingerprint density at radius 2 is 1.43 bits per heavy atom. The van der Waals surface area contributed by atoms with Gasteiger partial charge in [-0.3, -0.25) is 4.79 Å².